The zero-order valence-corrected chi connectivity index (χ0v) is 22.0. The van der Waals surface area contributed by atoms with E-state index in [1.165, 1.54) is 23.5 Å². The average molecular weight is 540 g/mol. The molecule has 1 fully saturated rings. The Hall–Kier alpha value is -2.78. The number of amides is 1. The molecule has 0 aliphatic carbocycles. The lowest BCUT2D eigenvalue weighted by Crippen LogP contribution is -2.32. The zero-order valence-electron chi connectivity index (χ0n) is 19.6. The normalized spacial score (nSPS) is 15.0. The number of fused-ring (bicyclic) bond motifs is 1. The summed E-state index contributed by atoms with van der Waals surface area (Å²) < 4.78 is 28.8. The molecule has 36 heavy (non-hydrogen) atoms. The van der Waals surface area contributed by atoms with E-state index in [1.807, 2.05) is 42.5 Å². The Morgan fingerprint density at radius 3 is 2.33 bits per heavy atom. The highest BCUT2D eigenvalue weighted by molar-refractivity contribution is 7.89. The van der Waals surface area contributed by atoms with Gasteiger partial charge in [-0.05, 0) is 60.9 Å². The second-order valence-corrected chi connectivity index (χ2v) is 12.2. The van der Waals surface area contributed by atoms with Gasteiger partial charge in [-0.3, -0.25) is 9.69 Å². The van der Waals surface area contributed by atoms with E-state index in [-0.39, 0.29) is 10.8 Å². The summed E-state index contributed by atoms with van der Waals surface area (Å²) in [6.45, 7) is 1.41. The van der Waals surface area contributed by atoms with Crippen molar-refractivity contribution >= 4 is 54.2 Å². The molecule has 4 aromatic rings. The van der Waals surface area contributed by atoms with Crippen LogP contribution in [0.4, 0.5) is 5.13 Å². The monoisotopic (exact) mass is 539 g/mol. The Kier molecular flexibility index (Phi) is 7.39. The van der Waals surface area contributed by atoms with Gasteiger partial charge in [0.2, 0.25) is 10.0 Å². The molecule has 5 rings (SSSR count). The smallest absolute Gasteiger partial charge is 0.260 e. The van der Waals surface area contributed by atoms with E-state index >= 15 is 0 Å². The van der Waals surface area contributed by atoms with Crippen LogP contribution in [0.2, 0.25) is 5.02 Å². The van der Waals surface area contributed by atoms with Gasteiger partial charge in [-0.15, -0.1) is 0 Å². The van der Waals surface area contributed by atoms with Crippen molar-refractivity contribution in [1.29, 1.82) is 0 Å². The van der Waals surface area contributed by atoms with Crippen LogP contribution in [-0.4, -0.2) is 36.7 Å². The topological polar surface area (TPSA) is 70.6 Å². The van der Waals surface area contributed by atoms with Crippen LogP contribution >= 0.6 is 22.9 Å². The van der Waals surface area contributed by atoms with E-state index in [1.54, 1.807) is 27.4 Å². The van der Waals surface area contributed by atoms with Gasteiger partial charge in [0.15, 0.2) is 5.13 Å². The van der Waals surface area contributed by atoms with Gasteiger partial charge in [0.25, 0.3) is 5.91 Å². The number of carbonyl (C=O) groups is 1. The number of halogens is 1. The molecule has 1 aromatic heterocycles. The van der Waals surface area contributed by atoms with E-state index in [4.69, 9.17) is 11.6 Å². The lowest BCUT2D eigenvalue weighted by Gasteiger charge is -2.21. The summed E-state index contributed by atoms with van der Waals surface area (Å²) in [5.74, 6) is -0.247. The molecule has 0 bridgehead atoms. The maximum Gasteiger partial charge on any atom is 0.260 e. The average Bonchev–Trinajstić information content (AvgIpc) is 3.10. The number of carbonyl (C=O) groups excluding carboxylic acids is 1. The van der Waals surface area contributed by atoms with E-state index < -0.39 is 10.0 Å². The number of aromatic nitrogens is 1. The van der Waals surface area contributed by atoms with Crippen molar-refractivity contribution in [2.45, 2.75) is 37.1 Å². The van der Waals surface area contributed by atoms with Crippen molar-refractivity contribution < 1.29 is 13.2 Å². The van der Waals surface area contributed by atoms with Crippen LogP contribution in [0.1, 0.15) is 41.6 Å². The Morgan fingerprint density at radius 1 is 0.944 bits per heavy atom. The number of hydrogen-bond donors (Lipinski definition) is 0. The van der Waals surface area contributed by atoms with Crippen molar-refractivity contribution in [2.75, 3.05) is 18.0 Å². The number of sulfonamides is 1. The van der Waals surface area contributed by atoms with Gasteiger partial charge in [-0.1, -0.05) is 66.1 Å². The Labute approximate surface area is 220 Å². The first-order chi connectivity index (χ1) is 17.4. The fraction of sp³-hybridized carbons (Fsp3) is 0.259. The molecule has 1 amide bonds. The van der Waals surface area contributed by atoms with Crippen molar-refractivity contribution in [2.24, 2.45) is 0 Å². The third kappa shape index (κ3) is 5.32. The second-order valence-electron chi connectivity index (χ2n) is 8.83. The van der Waals surface area contributed by atoms with Gasteiger partial charge in [-0.2, -0.15) is 4.31 Å². The summed E-state index contributed by atoms with van der Waals surface area (Å²) in [7, 11) is -3.58. The van der Waals surface area contributed by atoms with Crippen LogP contribution in [-0.2, 0) is 16.6 Å². The molecule has 1 aliphatic heterocycles. The highest BCUT2D eigenvalue weighted by Gasteiger charge is 2.26. The Morgan fingerprint density at radius 2 is 1.64 bits per heavy atom. The summed E-state index contributed by atoms with van der Waals surface area (Å²) in [5.41, 5.74) is 2.13. The van der Waals surface area contributed by atoms with Crippen LogP contribution in [0, 0.1) is 0 Å². The minimum Gasteiger partial charge on any atom is -0.279 e. The Balaban J connectivity index is 1.46. The summed E-state index contributed by atoms with van der Waals surface area (Å²) >= 11 is 7.56. The molecular weight excluding hydrogens is 514 g/mol. The molecule has 9 heteroatoms. The molecule has 186 valence electrons. The number of nitrogens with zero attached hydrogens (tertiary/aromatic N) is 3. The van der Waals surface area contributed by atoms with Crippen LogP contribution in [0.3, 0.4) is 0 Å². The predicted molar refractivity (Wildman–Crippen MR) is 145 cm³/mol. The maximum absolute atomic E-state index is 13.7. The van der Waals surface area contributed by atoms with Crippen LogP contribution in [0.15, 0.2) is 77.7 Å². The quantitative estimate of drug-likeness (QED) is 0.286. The summed E-state index contributed by atoms with van der Waals surface area (Å²) in [6, 6.07) is 21.4. The number of benzene rings is 3. The van der Waals surface area contributed by atoms with E-state index in [0.717, 1.165) is 41.5 Å². The first-order valence-corrected chi connectivity index (χ1v) is 14.6. The van der Waals surface area contributed by atoms with Gasteiger partial charge in [-0.25, -0.2) is 13.4 Å². The van der Waals surface area contributed by atoms with E-state index in [2.05, 4.69) is 4.98 Å². The van der Waals surface area contributed by atoms with Gasteiger partial charge < -0.3 is 0 Å². The highest BCUT2D eigenvalue weighted by atomic mass is 35.5. The SMILES string of the molecule is O=C(c1ccc(S(=O)(=O)N2CCCCCC2)cc1)N(Cc1ccccc1)c1nc2ccc(Cl)cc2s1. The molecule has 3 aromatic carbocycles. The standard InChI is InChI=1S/C27H26ClN3O3S2/c28-22-12-15-24-25(18-22)35-27(29-24)31(19-20-8-4-3-5-9-20)26(32)21-10-13-23(14-11-21)36(33,34)30-16-6-1-2-7-17-30/h3-5,8-15,18H,1-2,6-7,16-17,19H2. The fourth-order valence-corrected chi connectivity index (χ4v) is 7.11. The van der Waals surface area contributed by atoms with Crippen molar-refractivity contribution in [1.82, 2.24) is 9.29 Å². The minimum atomic E-state index is -3.58. The molecule has 0 unspecified atom stereocenters. The lowest BCUT2D eigenvalue weighted by atomic mass is 10.1. The number of hydrogen-bond acceptors (Lipinski definition) is 5. The zero-order chi connectivity index (χ0) is 25.1. The van der Waals surface area contributed by atoms with E-state index in [0.29, 0.717) is 35.4 Å². The lowest BCUT2D eigenvalue weighted by molar-refractivity contribution is 0.0985. The van der Waals surface area contributed by atoms with Crippen molar-refractivity contribution in [3.63, 3.8) is 0 Å². The van der Waals surface area contributed by atoms with Crippen LogP contribution < -0.4 is 4.90 Å². The first kappa shape index (κ1) is 24.9. The molecule has 6 nitrogen and oxygen atoms in total. The molecule has 0 spiro atoms. The number of thiazole rings is 1. The molecular formula is C27H26ClN3O3S2. The largest absolute Gasteiger partial charge is 0.279 e. The van der Waals surface area contributed by atoms with Gasteiger partial charge in [0, 0.05) is 23.7 Å². The van der Waals surface area contributed by atoms with E-state index in [9.17, 15) is 13.2 Å². The van der Waals surface area contributed by atoms with Crippen molar-refractivity contribution in [3.05, 3.63) is 88.9 Å². The number of rotatable bonds is 6. The summed E-state index contributed by atoms with van der Waals surface area (Å²) in [4.78, 5) is 20.2. The molecule has 0 saturated carbocycles. The molecule has 0 atom stereocenters. The van der Waals surface area contributed by atoms with Crippen LogP contribution in [0.5, 0.6) is 0 Å². The third-order valence-corrected chi connectivity index (χ3v) is 9.49. The highest BCUT2D eigenvalue weighted by Crippen LogP contribution is 2.32. The minimum absolute atomic E-state index is 0.213. The number of anilines is 1. The summed E-state index contributed by atoms with van der Waals surface area (Å²) in [6.07, 6.45) is 3.85. The first-order valence-electron chi connectivity index (χ1n) is 11.9. The molecule has 0 N–H and O–H groups in total. The molecule has 0 radical (unpaired) electrons. The molecule has 1 aliphatic rings. The van der Waals surface area contributed by atoms with Crippen LogP contribution in [0.25, 0.3) is 10.2 Å². The Bertz CT molecular complexity index is 1460. The summed E-state index contributed by atoms with van der Waals surface area (Å²) in [5, 5.41) is 1.17. The second kappa shape index (κ2) is 10.7. The van der Waals surface area contributed by atoms with Gasteiger partial charge in [0.05, 0.1) is 21.7 Å². The van der Waals surface area contributed by atoms with Crippen molar-refractivity contribution in [3.8, 4) is 0 Å². The molecule has 2 heterocycles. The maximum atomic E-state index is 13.7. The van der Waals surface area contributed by atoms with Gasteiger partial charge >= 0.3 is 0 Å². The third-order valence-electron chi connectivity index (χ3n) is 6.30. The van der Waals surface area contributed by atoms with Gasteiger partial charge in [0.1, 0.15) is 0 Å². The fourth-order valence-electron chi connectivity index (χ4n) is 4.35. The molecule has 1 saturated heterocycles. The predicted octanol–water partition coefficient (Wildman–Crippen LogP) is 6.36.